The van der Waals surface area contributed by atoms with Gasteiger partial charge in [-0.1, -0.05) is 41.9 Å². The van der Waals surface area contributed by atoms with Crippen molar-refractivity contribution in [3.8, 4) is 22.6 Å². The largest absolute Gasteiger partial charge is 0.497 e. The molecule has 0 aliphatic carbocycles. The van der Waals surface area contributed by atoms with Gasteiger partial charge in [0.25, 0.3) is 0 Å². The van der Waals surface area contributed by atoms with Gasteiger partial charge < -0.3 is 19.7 Å². The fraction of sp³-hybridized carbons (Fsp3) is 0.276. The molecule has 3 aromatic rings. The van der Waals surface area contributed by atoms with E-state index in [0.29, 0.717) is 34.9 Å². The highest BCUT2D eigenvalue weighted by Gasteiger charge is 2.39. The van der Waals surface area contributed by atoms with Crippen LogP contribution in [-0.2, 0) is 6.54 Å². The Morgan fingerprint density at radius 1 is 1.03 bits per heavy atom. The van der Waals surface area contributed by atoms with E-state index in [1.165, 1.54) is 0 Å². The molecule has 2 amide bonds. The van der Waals surface area contributed by atoms with Crippen molar-refractivity contribution in [2.75, 3.05) is 14.2 Å². The summed E-state index contributed by atoms with van der Waals surface area (Å²) in [7, 11) is 3.17. The fourth-order valence-electron chi connectivity index (χ4n) is 5.19. The van der Waals surface area contributed by atoms with Gasteiger partial charge in [0.15, 0.2) is 0 Å². The number of hydrogen-bond donors (Lipinski definition) is 1. The van der Waals surface area contributed by atoms with Gasteiger partial charge in [-0.05, 0) is 72.4 Å². The molecule has 2 heterocycles. The van der Waals surface area contributed by atoms with Gasteiger partial charge in [-0.2, -0.15) is 0 Å². The maximum absolute atomic E-state index is 15.2. The first kappa shape index (κ1) is 24.2. The predicted octanol–water partition coefficient (Wildman–Crippen LogP) is 6.69. The van der Waals surface area contributed by atoms with E-state index in [9.17, 15) is 4.79 Å². The molecule has 0 radical (unpaired) electrons. The van der Waals surface area contributed by atoms with Gasteiger partial charge in [0.2, 0.25) is 0 Å². The molecule has 1 N–H and O–H groups in total. The van der Waals surface area contributed by atoms with Crippen LogP contribution in [0, 0.1) is 5.82 Å². The van der Waals surface area contributed by atoms with Gasteiger partial charge in [0, 0.05) is 28.7 Å². The maximum Gasteiger partial charge on any atom is 0.318 e. The monoisotopic (exact) mass is 506 g/mol. The molecule has 1 fully saturated rings. The molecule has 2 unspecified atom stereocenters. The zero-order chi connectivity index (χ0) is 25.2. The summed E-state index contributed by atoms with van der Waals surface area (Å²) in [5, 5.41) is 3.58. The van der Waals surface area contributed by atoms with E-state index >= 15 is 4.39 Å². The van der Waals surface area contributed by atoms with Crippen LogP contribution >= 0.6 is 11.6 Å². The van der Waals surface area contributed by atoms with Crippen LogP contribution < -0.4 is 14.8 Å². The number of nitrogens with zero attached hydrogens (tertiary/aromatic N) is 1. The molecule has 0 spiro atoms. The van der Waals surface area contributed by atoms with E-state index in [1.807, 2.05) is 35.2 Å². The lowest BCUT2D eigenvalue weighted by Crippen LogP contribution is -2.48. The lowest BCUT2D eigenvalue weighted by Gasteiger charge is -2.34. The van der Waals surface area contributed by atoms with Crippen LogP contribution in [0.15, 0.2) is 66.7 Å². The van der Waals surface area contributed by atoms with Crippen molar-refractivity contribution in [1.29, 1.82) is 0 Å². The number of methoxy groups -OCH3 is 2. The minimum absolute atomic E-state index is 0.00807. The van der Waals surface area contributed by atoms with Crippen molar-refractivity contribution in [3.05, 3.63) is 88.7 Å². The smallest absolute Gasteiger partial charge is 0.318 e. The summed E-state index contributed by atoms with van der Waals surface area (Å²) in [6.45, 7) is 0.455. The molecule has 36 heavy (non-hydrogen) atoms. The van der Waals surface area contributed by atoms with E-state index < -0.39 is 0 Å². The molecule has 2 bridgehead atoms. The topological polar surface area (TPSA) is 50.8 Å². The van der Waals surface area contributed by atoms with Crippen LogP contribution in [0.2, 0.25) is 5.02 Å². The Morgan fingerprint density at radius 3 is 2.50 bits per heavy atom. The van der Waals surface area contributed by atoms with Crippen LogP contribution in [0.1, 0.15) is 30.4 Å². The Bertz CT molecular complexity index is 1310. The van der Waals surface area contributed by atoms with Gasteiger partial charge in [-0.3, -0.25) is 0 Å². The fourth-order valence-corrected chi connectivity index (χ4v) is 5.36. The third-order valence-electron chi connectivity index (χ3n) is 7.03. The van der Waals surface area contributed by atoms with Crippen LogP contribution in [-0.4, -0.2) is 37.2 Å². The quantitative estimate of drug-likeness (QED) is 0.405. The van der Waals surface area contributed by atoms with Crippen LogP contribution in [0.5, 0.6) is 11.5 Å². The summed E-state index contributed by atoms with van der Waals surface area (Å²) < 4.78 is 25.8. The van der Waals surface area contributed by atoms with E-state index in [0.717, 1.165) is 35.3 Å². The Morgan fingerprint density at radius 2 is 1.81 bits per heavy atom. The lowest BCUT2D eigenvalue weighted by atomic mass is 9.93. The van der Waals surface area contributed by atoms with Crippen LogP contribution in [0.4, 0.5) is 9.18 Å². The third-order valence-corrected chi connectivity index (χ3v) is 7.26. The molecule has 0 saturated carbocycles. The molecule has 2 atom stereocenters. The molecule has 0 aromatic heterocycles. The summed E-state index contributed by atoms with van der Waals surface area (Å²) in [5.41, 5.74) is 4.06. The van der Waals surface area contributed by atoms with Gasteiger partial charge in [0.05, 0.1) is 20.3 Å². The summed E-state index contributed by atoms with van der Waals surface area (Å²) in [6, 6.07) is 18.2. The number of amides is 2. The van der Waals surface area contributed by atoms with E-state index in [4.69, 9.17) is 21.1 Å². The van der Waals surface area contributed by atoms with Crippen molar-refractivity contribution < 1.29 is 18.7 Å². The molecule has 7 heteroatoms. The first-order chi connectivity index (χ1) is 17.5. The van der Waals surface area contributed by atoms with Gasteiger partial charge in [0.1, 0.15) is 17.3 Å². The molecule has 3 aromatic carbocycles. The Kier molecular flexibility index (Phi) is 6.88. The van der Waals surface area contributed by atoms with Crippen molar-refractivity contribution in [2.24, 2.45) is 0 Å². The number of rotatable bonds is 6. The van der Waals surface area contributed by atoms with E-state index in [-0.39, 0.29) is 23.9 Å². The van der Waals surface area contributed by atoms with Crippen molar-refractivity contribution in [3.63, 3.8) is 0 Å². The highest BCUT2D eigenvalue weighted by atomic mass is 35.5. The summed E-state index contributed by atoms with van der Waals surface area (Å²) in [5.74, 6) is 0.995. The van der Waals surface area contributed by atoms with Crippen LogP contribution in [0.25, 0.3) is 16.7 Å². The summed E-state index contributed by atoms with van der Waals surface area (Å²) >= 11 is 6.06. The van der Waals surface area contributed by atoms with Crippen molar-refractivity contribution in [2.45, 2.75) is 37.9 Å². The minimum atomic E-state index is -0.318. The second kappa shape index (κ2) is 10.2. The zero-order valence-corrected chi connectivity index (χ0v) is 21.0. The number of carbonyl (C=O) groups is 1. The lowest BCUT2D eigenvalue weighted by molar-refractivity contribution is 0.179. The first-order valence-corrected chi connectivity index (χ1v) is 12.4. The van der Waals surface area contributed by atoms with Crippen molar-refractivity contribution >= 4 is 23.2 Å². The van der Waals surface area contributed by atoms with Crippen molar-refractivity contribution in [1.82, 2.24) is 10.2 Å². The zero-order valence-electron chi connectivity index (χ0n) is 20.3. The number of ether oxygens (including phenoxy) is 2. The van der Waals surface area contributed by atoms with Crippen LogP contribution in [0.3, 0.4) is 0 Å². The van der Waals surface area contributed by atoms with E-state index in [1.54, 1.807) is 44.6 Å². The molecule has 5 rings (SSSR count). The van der Waals surface area contributed by atoms with Gasteiger partial charge >= 0.3 is 6.03 Å². The van der Waals surface area contributed by atoms with E-state index in [2.05, 4.69) is 11.4 Å². The number of fused-ring (bicyclic) bond motifs is 2. The molecule has 186 valence electrons. The SMILES string of the molecule is COc1ccc(CNC(=O)N2C3C=C(c4ccc(-c5ccc(Cl)cc5OC)c(F)c4)CC2CC3)cc1. The molecule has 2 aliphatic heterocycles. The normalized spacial score (nSPS) is 18.6. The Labute approximate surface area is 215 Å². The molecule has 5 nitrogen and oxygen atoms in total. The Balaban J connectivity index is 1.30. The standard InChI is InChI=1S/C29H28ClFN2O3/c1-35-24-9-3-18(4-10-24)17-32-29(34)33-22-7-8-23(33)14-20(13-22)19-5-11-25(27(31)15-19)26-12-6-21(30)16-28(26)36-2/h3-6,9-13,15-16,22-23H,7-8,14,17H2,1-2H3,(H,32,34). The molecular weight excluding hydrogens is 479 g/mol. The number of nitrogens with one attached hydrogen (secondary N) is 1. The molecule has 2 aliphatic rings. The third kappa shape index (κ3) is 4.78. The molecule has 1 saturated heterocycles. The second-order valence-electron chi connectivity index (χ2n) is 9.15. The maximum atomic E-state index is 15.2. The Hall–Kier alpha value is -3.51. The predicted molar refractivity (Wildman–Crippen MR) is 140 cm³/mol. The highest BCUT2D eigenvalue weighted by molar-refractivity contribution is 6.30. The minimum Gasteiger partial charge on any atom is -0.497 e. The first-order valence-electron chi connectivity index (χ1n) is 12.0. The number of urea groups is 1. The number of hydrogen-bond acceptors (Lipinski definition) is 3. The second-order valence-corrected chi connectivity index (χ2v) is 9.58. The van der Waals surface area contributed by atoms with Gasteiger partial charge in [-0.25, -0.2) is 9.18 Å². The van der Waals surface area contributed by atoms with Gasteiger partial charge in [-0.15, -0.1) is 0 Å². The summed E-state index contributed by atoms with van der Waals surface area (Å²) in [6.07, 6.45) is 4.67. The average Bonchev–Trinajstić information content (AvgIpc) is 3.16. The highest BCUT2D eigenvalue weighted by Crippen LogP contribution is 2.40. The molecular formula is C29H28ClFN2O3. The summed E-state index contributed by atoms with van der Waals surface area (Å²) in [4.78, 5) is 15.0. The number of carbonyl (C=O) groups excluding carboxylic acids is 1. The average molecular weight is 507 g/mol. The number of benzene rings is 3. The number of halogens is 2.